The van der Waals surface area contributed by atoms with E-state index in [0.29, 0.717) is 16.8 Å². The fraction of sp³-hybridized carbons (Fsp3) is 0.143. The van der Waals surface area contributed by atoms with Gasteiger partial charge in [-0.15, -0.1) is 0 Å². The van der Waals surface area contributed by atoms with Crippen molar-refractivity contribution in [3.05, 3.63) is 53.3 Å². The summed E-state index contributed by atoms with van der Waals surface area (Å²) in [6.07, 6.45) is 1.53. The van der Waals surface area contributed by atoms with E-state index in [2.05, 4.69) is 10.3 Å². The molecule has 0 unspecified atom stereocenters. The number of benzene rings is 1. The summed E-state index contributed by atoms with van der Waals surface area (Å²) >= 11 is 0. The fourth-order valence-electron chi connectivity index (χ4n) is 1.94. The third-order valence-corrected chi connectivity index (χ3v) is 4.26. The Kier molecular flexibility index (Phi) is 4.29. The van der Waals surface area contributed by atoms with E-state index in [1.807, 2.05) is 0 Å². The van der Waals surface area contributed by atoms with E-state index in [1.165, 1.54) is 18.3 Å². The number of rotatable bonds is 3. The zero-order valence-corrected chi connectivity index (χ0v) is 13.0. The number of amides is 1. The molecule has 0 aliphatic heterocycles. The van der Waals surface area contributed by atoms with Crippen molar-refractivity contribution in [2.75, 3.05) is 5.32 Å². The van der Waals surface area contributed by atoms with E-state index in [1.54, 1.807) is 32.0 Å². The minimum atomic E-state index is -3.80. The van der Waals surface area contributed by atoms with E-state index in [4.69, 9.17) is 10.7 Å². The quantitative estimate of drug-likeness (QED) is 0.881. The summed E-state index contributed by atoms with van der Waals surface area (Å²) < 4.78 is 22.7. The van der Waals surface area contributed by atoms with Gasteiger partial charge in [0, 0.05) is 22.6 Å². The second-order valence-corrected chi connectivity index (χ2v) is 7.10. The summed E-state index contributed by atoms with van der Waals surface area (Å²) in [5, 5.41) is 2.73. The van der Waals surface area contributed by atoms with Crippen LogP contribution in [0.25, 0.3) is 0 Å². The van der Waals surface area contributed by atoms with Gasteiger partial charge < -0.3 is 5.32 Å². The van der Waals surface area contributed by atoms with Gasteiger partial charge in [0.25, 0.3) is 15.0 Å². The summed E-state index contributed by atoms with van der Waals surface area (Å²) in [6.45, 7) is 3.40. The molecule has 0 spiro atoms. The summed E-state index contributed by atoms with van der Waals surface area (Å²) in [5.74, 6) is -0.358. The molecule has 0 atom stereocenters. The van der Waals surface area contributed by atoms with Crippen molar-refractivity contribution in [1.29, 1.82) is 0 Å². The molecule has 1 amide bonds. The third-order valence-electron chi connectivity index (χ3n) is 2.92. The average Bonchev–Trinajstić information content (AvgIpc) is 2.42. The number of pyridine rings is 1. The van der Waals surface area contributed by atoms with Gasteiger partial charge >= 0.3 is 0 Å². The van der Waals surface area contributed by atoms with Crippen LogP contribution in [-0.4, -0.2) is 19.3 Å². The van der Waals surface area contributed by atoms with Crippen molar-refractivity contribution in [3.63, 3.8) is 0 Å². The lowest BCUT2D eigenvalue weighted by Gasteiger charge is -2.12. The van der Waals surface area contributed by atoms with Gasteiger partial charge in [-0.25, -0.2) is 8.42 Å². The summed E-state index contributed by atoms with van der Waals surface area (Å²) in [4.78, 5) is 16.1. The monoisotopic (exact) mass is 324 g/mol. The molecular weight excluding hydrogens is 312 g/mol. The minimum Gasteiger partial charge on any atom is -0.320 e. The molecular formula is C14H13ClN2O3S. The highest BCUT2D eigenvalue weighted by Gasteiger charge is 2.16. The van der Waals surface area contributed by atoms with Gasteiger partial charge in [-0.05, 0) is 49.2 Å². The average molecular weight is 325 g/mol. The van der Waals surface area contributed by atoms with E-state index < -0.39 is 9.05 Å². The van der Waals surface area contributed by atoms with Crippen LogP contribution in [0.2, 0.25) is 0 Å². The maximum absolute atomic E-state index is 12.1. The fourth-order valence-corrected chi connectivity index (χ4v) is 2.84. The lowest BCUT2D eigenvalue weighted by Crippen LogP contribution is -2.15. The molecule has 1 aromatic carbocycles. The van der Waals surface area contributed by atoms with Crippen molar-refractivity contribution in [1.82, 2.24) is 4.98 Å². The van der Waals surface area contributed by atoms with Crippen LogP contribution in [0.15, 0.2) is 41.4 Å². The highest BCUT2D eigenvalue weighted by molar-refractivity contribution is 8.13. The van der Waals surface area contributed by atoms with Crippen molar-refractivity contribution >= 4 is 31.3 Å². The van der Waals surface area contributed by atoms with Gasteiger partial charge in [0.05, 0.1) is 4.90 Å². The van der Waals surface area contributed by atoms with Crippen LogP contribution in [0, 0.1) is 13.8 Å². The van der Waals surface area contributed by atoms with Crippen molar-refractivity contribution in [3.8, 4) is 0 Å². The Morgan fingerprint density at radius 3 is 2.29 bits per heavy atom. The number of aryl methyl sites for hydroxylation is 2. The number of anilines is 1. The topological polar surface area (TPSA) is 76.1 Å². The maximum atomic E-state index is 12.1. The molecule has 0 fully saturated rings. The third kappa shape index (κ3) is 3.59. The van der Waals surface area contributed by atoms with Crippen LogP contribution in [0.3, 0.4) is 0 Å². The molecule has 0 aliphatic rings. The van der Waals surface area contributed by atoms with Crippen LogP contribution in [0.4, 0.5) is 5.69 Å². The molecule has 1 N–H and O–H groups in total. The van der Waals surface area contributed by atoms with Crippen LogP contribution < -0.4 is 5.32 Å². The Morgan fingerprint density at radius 1 is 1.19 bits per heavy atom. The Hall–Kier alpha value is -1.92. The van der Waals surface area contributed by atoms with Crippen LogP contribution >= 0.6 is 10.7 Å². The number of carbonyl (C=O) groups is 1. The number of aromatic nitrogens is 1. The van der Waals surface area contributed by atoms with E-state index in [0.717, 1.165) is 0 Å². The first-order chi connectivity index (χ1) is 9.79. The first kappa shape index (κ1) is 15.5. The minimum absolute atomic E-state index is 0.00926. The zero-order valence-electron chi connectivity index (χ0n) is 11.4. The first-order valence-corrected chi connectivity index (χ1v) is 8.38. The number of hydrogen-bond acceptors (Lipinski definition) is 4. The second-order valence-electron chi connectivity index (χ2n) is 4.54. The predicted octanol–water partition coefficient (Wildman–Crippen LogP) is 2.88. The number of nitrogens with one attached hydrogen (secondary N) is 1. The second kappa shape index (κ2) is 5.83. The first-order valence-electron chi connectivity index (χ1n) is 6.07. The molecule has 1 aromatic heterocycles. The molecule has 7 heteroatoms. The smallest absolute Gasteiger partial charge is 0.274 e. The van der Waals surface area contributed by atoms with Gasteiger partial charge in [-0.2, -0.15) is 0 Å². The molecule has 0 radical (unpaired) electrons. The number of halogens is 1. The Labute approximate surface area is 127 Å². The summed E-state index contributed by atoms with van der Waals surface area (Å²) in [7, 11) is 1.53. The molecule has 21 heavy (non-hydrogen) atoms. The maximum Gasteiger partial charge on any atom is 0.274 e. The molecule has 2 rings (SSSR count). The molecule has 0 bridgehead atoms. The van der Waals surface area contributed by atoms with Gasteiger partial charge in [0.15, 0.2) is 0 Å². The van der Waals surface area contributed by atoms with Crippen molar-refractivity contribution in [2.24, 2.45) is 0 Å². The van der Waals surface area contributed by atoms with Crippen molar-refractivity contribution in [2.45, 2.75) is 18.7 Å². The zero-order chi connectivity index (χ0) is 15.6. The number of nitrogens with zero attached hydrogens (tertiary/aromatic N) is 1. The predicted molar refractivity (Wildman–Crippen MR) is 81.1 cm³/mol. The lowest BCUT2D eigenvalue weighted by molar-refractivity contribution is 0.102. The van der Waals surface area contributed by atoms with Gasteiger partial charge in [0.1, 0.15) is 5.69 Å². The molecule has 1 heterocycles. The molecule has 0 aliphatic carbocycles. The van der Waals surface area contributed by atoms with Crippen molar-refractivity contribution < 1.29 is 13.2 Å². The molecule has 5 nitrogen and oxygen atoms in total. The summed E-state index contributed by atoms with van der Waals surface area (Å²) in [5.41, 5.74) is 2.05. The van der Waals surface area contributed by atoms with E-state index in [-0.39, 0.29) is 16.5 Å². The lowest BCUT2D eigenvalue weighted by atomic mass is 10.1. The van der Waals surface area contributed by atoms with Crippen LogP contribution in [0.1, 0.15) is 21.6 Å². The molecule has 110 valence electrons. The van der Waals surface area contributed by atoms with Crippen LogP contribution in [-0.2, 0) is 9.05 Å². The van der Waals surface area contributed by atoms with Crippen LogP contribution in [0.5, 0.6) is 0 Å². The Morgan fingerprint density at radius 2 is 1.81 bits per heavy atom. The van der Waals surface area contributed by atoms with E-state index in [9.17, 15) is 13.2 Å². The standard InChI is InChI=1S/C14H13ClN2O3S/c1-9-7-11(21(15,19)20)8-10(2)13(9)17-14(18)12-5-3-4-6-16-12/h3-8H,1-2H3,(H,17,18). The number of carbonyl (C=O) groups excluding carboxylic acids is 1. The molecule has 0 saturated carbocycles. The Bertz CT molecular complexity index is 766. The molecule has 0 saturated heterocycles. The van der Waals surface area contributed by atoms with E-state index >= 15 is 0 Å². The Balaban J connectivity index is 2.36. The largest absolute Gasteiger partial charge is 0.320 e. The summed E-state index contributed by atoms with van der Waals surface area (Å²) in [6, 6.07) is 7.86. The normalized spacial score (nSPS) is 11.2. The van der Waals surface area contributed by atoms with Gasteiger partial charge in [-0.1, -0.05) is 6.07 Å². The highest BCUT2D eigenvalue weighted by Crippen LogP contribution is 2.26. The number of hydrogen-bond donors (Lipinski definition) is 1. The van der Waals surface area contributed by atoms with Gasteiger partial charge in [0.2, 0.25) is 0 Å². The molecule has 2 aromatic rings. The van der Waals surface area contributed by atoms with Gasteiger partial charge in [-0.3, -0.25) is 9.78 Å². The SMILES string of the molecule is Cc1cc(S(=O)(=O)Cl)cc(C)c1NC(=O)c1ccccn1. The highest BCUT2D eigenvalue weighted by atomic mass is 35.7.